The van der Waals surface area contributed by atoms with Gasteiger partial charge in [-0.15, -0.1) is 0 Å². The summed E-state index contributed by atoms with van der Waals surface area (Å²) in [5.74, 6) is -1.47. The minimum Gasteiger partial charge on any atom is -0.455 e. The van der Waals surface area contributed by atoms with Gasteiger partial charge in [-0.1, -0.05) is 34.6 Å². The number of esters is 2. The Labute approximate surface area is 359 Å². The van der Waals surface area contributed by atoms with Gasteiger partial charge >= 0.3 is 11.9 Å². The molecule has 5 saturated carbocycles. The van der Waals surface area contributed by atoms with Gasteiger partial charge in [0.1, 0.15) is 30.5 Å². The molecule has 2 spiro atoms. The Hall–Kier alpha value is -1.54. The highest BCUT2D eigenvalue weighted by Gasteiger charge is 2.85. The van der Waals surface area contributed by atoms with Crippen molar-refractivity contribution in [2.24, 2.45) is 50.7 Å². The number of aliphatic hydroxyl groups excluding tert-OH is 7. The third kappa shape index (κ3) is 7.61. The summed E-state index contributed by atoms with van der Waals surface area (Å²) in [6.45, 7) is 15.8. The number of aliphatic hydroxyl groups is 8. The molecule has 0 radical (unpaired) electrons. The monoisotopic (exact) mass is 870 g/mol. The highest BCUT2D eigenvalue weighted by atomic mass is 16.7. The standard InChI is InChI=1S/C45H74O16/c1-21(10-11-29(51)41(6,7)55)31-24(49)17-43(9)28-16-26(59-38-34(54)33(53)32(52)27(18-46)60-38)37-40(4,5)30(12-13-45(37)20-44(28,45)15-14-42(31,43)8)61-39-36(58-23(3)48)35(57-22(2)47)25(50)19-56-39/h21,24-39,46,49-55H,10-20H2,1-9H3/t21-,24?,25-,26+,27-,28+,29+,30+,31?,32-,33+,34-,35+,36-,37+,38-,39+,42-,43+,44?,45?/m1/s1. The Kier molecular flexibility index (Phi) is 12.8. The smallest absolute Gasteiger partial charge is 0.303 e. The van der Waals surface area contributed by atoms with Crippen molar-refractivity contribution < 1.29 is 78.9 Å². The number of ether oxygens (including phenoxy) is 6. The van der Waals surface area contributed by atoms with E-state index in [4.69, 9.17) is 28.4 Å². The van der Waals surface area contributed by atoms with E-state index in [1.165, 1.54) is 13.8 Å². The van der Waals surface area contributed by atoms with Gasteiger partial charge in [0.05, 0.1) is 43.2 Å². The predicted octanol–water partition coefficient (Wildman–Crippen LogP) is 1.71. The van der Waals surface area contributed by atoms with Gasteiger partial charge in [0.2, 0.25) is 0 Å². The molecule has 0 aromatic heterocycles. The first-order valence-corrected chi connectivity index (χ1v) is 22.6. The fraction of sp³-hybridized carbons (Fsp3) is 0.956. The van der Waals surface area contributed by atoms with Crippen molar-refractivity contribution in [3.05, 3.63) is 0 Å². The Balaban J connectivity index is 1.23. The number of hydrogen-bond donors (Lipinski definition) is 8. The summed E-state index contributed by atoms with van der Waals surface area (Å²) in [5.41, 5.74) is -2.91. The molecular weight excluding hydrogens is 796 g/mol. The zero-order valence-electron chi connectivity index (χ0n) is 37.4. The molecule has 2 saturated heterocycles. The van der Waals surface area contributed by atoms with Gasteiger partial charge in [-0.05, 0) is 122 Å². The first-order valence-electron chi connectivity index (χ1n) is 22.6. The maximum absolute atomic E-state index is 12.3. The molecule has 5 aliphatic carbocycles. The zero-order valence-corrected chi connectivity index (χ0v) is 37.4. The molecule has 21 atom stereocenters. The summed E-state index contributed by atoms with van der Waals surface area (Å²) in [6, 6.07) is 0. The molecule has 7 aliphatic rings. The molecule has 16 nitrogen and oxygen atoms in total. The molecule has 350 valence electrons. The third-order valence-corrected chi connectivity index (χ3v) is 17.8. The van der Waals surface area contributed by atoms with Gasteiger partial charge in [0.15, 0.2) is 24.8 Å². The number of hydrogen-bond acceptors (Lipinski definition) is 16. The first-order chi connectivity index (χ1) is 28.3. The molecule has 0 aromatic carbocycles. The minimum atomic E-state index is -1.64. The lowest BCUT2D eigenvalue weighted by Gasteiger charge is -2.65. The van der Waals surface area contributed by atoms with Crippen molar-refractivity contribution >= 4 is 11.9 Å². The lowest BCUT2D eigenvalue weighted by Crippen LogP contribution is -2.65. The van der Waals surface area contributed by atoms with Gasteiger partial charge < -0.3 is 69.3 Å². The SMILES string of the molecule is CC(=O)O[C@@H]1[C@@H](OC(C)=O)[C@H](O[C@H]2CCC34CC35CC[C@]3(C)C([C@H](C)CC[C@H](O)C(C)(C)O)C(O)C[C@@]3(C)[C@@H]5C[C@H](O[C@@H]3O[C@H](CO)[C@@H](O)[C@H](O)[C@H]3O)[C@H]4C2(C)C)OC[C@H]1O. The topological polar surface area (TPSA) is 251 Å². The molecule has 61 heavy (non-hydrogen) atoms. The van der Waals surface area contributed by atoms with E-state index in [0.29, 0.717) is 32.1 Å². The summed E-state index contributed by atoms with van der Waals surface area (Å²) in [6.07, 6.45) is -8.64. The molecule has 7 fully saturated rings. The second-order valence-electron chi connectivity index (χ2n) is 21.9. The van der Waals surface area contributed by atoms with Crippen LogP contribution in [0.1, 0.15) is 120 Å². The molecule has 0 bridgehead atoms. The molecule has 7 rings (SSSR count). The van der Waals surface area contributed by atoms with Crippen molar-refractivity contribution in [3.63, 3.8) is 0 Å². The average molecular weight is 871 g/mol. The van der Waals surface area contributed by atoms with Crippen LogP contribution < -0.4 is 0 Å². The molecule has 0 amide bonds. The molecule has 2 heterocycles. The highest BCUT2D eigenvalue weighted by molar-refractivity contribution is 5.67. The van der Waals surface area contributed by atoms with Crippen LogP contribution in [-0.4, -0.2) is 151 Å². The largest absolute Gasteiger partial charge is 0.455 e. The number of fused-ring (bicyclic) bond motifs is 2. The van der Waals surface area contributed by atoms with Gasteiger partial charge in [-0.3, -0.25) is 9.59 Å². The summed E-state index contributed by atoms with van der Waals surface area (Å²) < 4.78 is 36.8. The fourth-order valence-corrected chi connectivity index (χ4v) is 14.8. The Morgan fingerprint density at radius 3 is 2.10 bits per heavy atom. The van der Waals surface area contributed by atoms with Crippen molar-refractivity contribution in [1.29, 1.82) is 0 Å². The van der Waals surface area contributed by atoms with Crippen LogP contribution in [0.4, 0.5) is 0 Å². The number of carbonyl (C=O) groups is 2. The average Bonchev–Trinajstić information content (AvgIpc) is 3.76. The van der Waals surface area contributed by atoms with Crippen molar-refractivity contribution in [2.75, 3.05) is 13.2 Å². The van der Waals surface area contributed by atoms with E-state index in [-0.39, 0.29) is 51.9 Å². The van der Waals surface area contributed by atoms with Crippen LogP contribution in [0.2, 0.25) is 0 Å². The maximum Gasteiger partial charge on any atom is 0.303 e. The van der Waals surface area contributed by atoms with Crippen LogP contribution in [0.25, 0.3) is 0 Å². The highest BCUT2D eigenvalue weighted by Crippen LogP contribution is 2.89. The van der Waals surface area contributed by atoms with Crippen LogP contribution in [0.3, 0.4) is 0 Å². The quantitative estimate of drug-likeness (QED) is 0.103. The van der Waals surface area contributed by atoms with Crippen molar-refractivity contribution in [2.45, 2.75) is 205 Å². The summed E-state index contributed by atoms with van der Waals surface area (Å²) in [7, 11) is 0. The van der Waals surface area contributed by atoms with Crippen LogP contribution in [0.5, 0.6) is 0 Å². The van der Waals surface area contributed by atoms with Gasteiger partial charge in [-0.2, -0.15) is 0 Å². The third-order valence-electron chi connectivity index (χ3n) is 17.8. The van der Waals surface area contributed by atoms with Crippen LogP contribution in [0, 0.1) is 50.7 Å². The van der Waals surface area contributed by atoms with Crippen molar-refractivity contribution in [1.82, 2.24) is 0 Å². The van der Waals surface area contributed by atoms with Crippen molar-refractivity contribution in [3.8, 4) is 0 Å². The summed E-state index contributed by atoms with van der Waals surface area (Å²) >= 11 is 0. The van der Waals surface area contributed by atoms with Crippen LogP contribution in [-0.2, 0) is 38.0 Å². The molecule has 16 heteroatoms. The molecule has 0 aromatic rings. The van der Waals surface area contributed by atoms with E-state index in [1.54, 1.807) is 13.8 Å². The fourth-order valence-electron chi connectivity index (χ4n) is 14.8. The van der Waals surface area contributed by atoms with Gasteiger partial charge in [0.25, 0.3) is 0 Å². The lowest BCUT2D eigenvalue weighted by molar-refractivity contribution is -0.339. The molecule has 4 unspecified atom stereocenters. The van der Waals surface area contributed by atoms with E-state index in [1.807, 2.05) is 0 Å². The van der Waals surface area contributed by atoms with Gasteiger partial charge in [-0.25, -0.2) is 0 Å². The van der Waals surface area contributed by atoms with E-state index in [0.717, 1.165) is 25.7 Å². The van der Waals surface area contributed by atoms with E-state index in [9.17, 15) is 50.4 Å². The maximum atomic E-state index is 12.3. The Morgan fingerprint density at radius 1 is 0.820 bits per heavy atom. The number of rotatable bonds is 12. The Morgan fingerprint density at radius 2 is 1.48 bits per heavy atom. The lowest BCUT2D eigenvalue weighted by atomic mass is 9.41. The summed E-state index contributed by atoms with van der Waals surface area (Å²) in [4.78, 5) is 24.4. The minimum absolute atomic E-state index is 0.0587. The van der Waals surface area contributed by atoms with Crippen LogP contribution in [0.15, 0.2) is 0 Å². The van der Waals surface area contributed by atoms with E-state index in [2.05, 4.69) is 34.6 Å². The van der Waals surface area contributed by atoms with Gasteiger partial charge in [0, 0.05) is 13.8 Å². The zero-order chi connectivity index (χ0) is 45.0. The molecule has 8 N–H and O–H groups in total. The normalized spacial score (nSPS) is 50.0. The second kappa shape index (κ2) is 16.4. The van der Waals surface area contributed by atoms with E-state index >= 15 is 0 Å². The Bertz CT molecular complexity index is 1620. The molecular formula is C45H74O16. The molecule has 2 aliphatic heterocycles. The summed E-state index contributed by atoms with van der Waals surface area (Å²) in [5, 5.41) is 87.0. The predicted molar refractivity (Wildman–Crippen MR) is 215 cm³/mol. The van der Waals surface area contributed by atoms with E-state index < -0.39 is 109 Å². The van der Waals surface area contributed by atoms with Crippen LogP contribution >= 0.6 is 0 Å². The second-order valence-corrected chi connectivity index (χ2v) is 21.9. The first kappa shape index (κ1) is 47.4. The number of carbonyl (C=O) groups excluding carboxylic acids is 2.